The number of nitrogens with one attached hydrogen (secondary N) is 2. The van der Waals surface area contributed by atoms with Crippen LogP contribution in [0.25, 0.3) is 0 Å². The summed E-state index contributed by atoms with van der Waals surface area (Å²) in [5, 5.41) is 10.3. The third-order valence-corrected chi connectivity index (χ3v) is 5.48. The molecule has 27 heavy (non-hydrogen) atoms. The second-order valence-corrected chi connectivity index (χ2v) is 7.03. The molecule has 0 spiro atoms. The van der Waals surface area contributed by atoms with Gasteiger partial charge in [-0.1, -0.05) is 18.1 Å². The van der Waals surface area contributed by atoms with E-state index >= 15 is 0 Å². The lowest BCUT2D eigenvalue weighted by Gasteiger charge is -2.37. The third kappa shape index (κ3) is 2.99. The molecule has 2 aliphatic heterocycles. The van der Waals surface area contributed by atoms with Crippen molar-refractivity contribution in [3.05, 3.63) is 47.6 Å². The molecule has 3 amide bonds. The van der Waals surface area contributed by atoms with Gasteiger partial charge in [-0.15, -0.1) is 0 Å². The molecule has 2 aromatic rings. The third-order valence-electron chi connectivity index (χ3n) is 5.48. The number of aromatic nitrogens is 2. The number of piperidine rings is 1. The summed E-state index contributed by atoms with van der Waals surface area (Å²) in [6.07, 6.45) is 5.68. The Morgan fingerprint density at radius 1 is 1.33 bits per heavy atom. The van der Waals surface area contributed by atoms with Crippen LogP contribution in [-0.4, -0.2) is 40.1 Å². The zero-order valence-electron chi connectivity index (χ0n) is 15.3. The van der Waals surface area contributed by atoms with Crippen LogP contribution >= 0.6 is 0 Å². The Hall–Kier alpha value is -2.74. The molecule has 4 heterocycles. The summed E-state index contributed by atoms with van der Waals surface area (Å²) in [6, 6.07) is 5.04. The van der Waals surface area contributed by atoms with Gasteiger partial charge < -0.3 is 15.2 Å². The Bertz CT molecular complexity index is 831. The van der Waals surface area contributed by atoms with Crippen LogP contribution < -0.4 is 10.6 Å². The van der Waals surface area contributed by atoms with Crippen molar-refractivity contribution in [3.63, 3.8) is 0 Å². The SMILES string of the molecule is CCc1cc(CN2C(=O)N[C@](c3cccnc3)(C3CCNCC3)C2=O)on1. The summed E-state index contributed by atoms with van der Waals surface area (Å²) < 4.78 is 5.29. The molecule has 2 aromatic heterocycles. The first kappa shape index (κ1) is 17.7. The minimum atomic E-state index is -1.08. The Morgan fingerprint density at radius 2 is 2.15 bits per heavy atom. The molecule has 2 aliphatic rings. The molecule has 142 valence electrons. The molecule has 4 rings (SSSR count). The van der Waals surface area contributed by atoms with E-state index in [0.29, 0.717) is 5.76 Å². The minimum absolute atomic E-state index is 0.00493. The number of hydrogen-bond acceptors (Lipinski definition) is 6. The number of carbonyl (C=O) groups is 2. The van der Waals surface area contributed by atoms with Crippen LogP contribution in [0.1, 0.15) is 36.8 Å². The predicted molar refractivity (Wildman–Crippen MR) is 96.5 cm³/mol. The summed E-state index contributed by atoms with van der Waals surface area (Å²) in [4.78, 5) is 31.8. The van der Waals surface area contributed by atoms with Crippen LogP contribution in [0.2, 0.25) is 0 Å². The molecule has 8 heteroatoms. The normalized spacial score (nSPS) is 23.7. The average Bonchev–Trinajstić information content (AvgIpc) is 3.28. The maximum absolute atomic E-state index is 13.6. The van der Waals surface area contributed by atoms with Gasteiger partial charge in [-0.25, -0.2) is 4.79 Å². The zero-order chi connectivity index (χ0) is 18.9. The van der Waals surface area contributed by atoms with Gasteiger partial charge in [-0.3, -0.25) is 14.7 Å². The lowest BCUT2D eigenvalue weighted by Crippen LogP contribution is -2.53. The molecule has 0 radical (unpaired) electrons. The molecule has 0 bridgehead atoms. The molecule has 0 aliphatic carbocycles. The fourth-order valence-corrected chi connectivity index (χ4v) is 4.05. The van der Waals surface area contributed by atoms with Gasteiger partial charge in [0.2, 0.25) is 0 Å². The number of rotatable bonds is 5. The first-order valence-corrected chi connectivity index (χ1v) is 9.35. The largest absolute Gasteiger partial charge is 0.359 e. The number of amides is 3. The summed E-state index contributed by atoms with van der Waals surface area (Å²) in [7, 11) is 0. The van der Waals surface area contributed by atoms with Crippen LogP contribution in [0.5, 0.6) is 0 Å². The fourth-order valence-electron chi connectivity index (χ4n) is 4.05. The number of imide groups is 1. The van der Waals surface area contributed by atoms with Crippen molar-refractivity contribution in [1.29, 1.82) is 0 Å². The summed E-state index contributed by atoms with van der Waals surface area (Å²) >= 11 is 0. The Balaban J connectivity index is 1.69. The van der Waals surface area contributed by atoms with E-state index in [1.165, 1.54) is 4.90 Å². The summed E-state index contributed by atoms with van der Waals surface area (Å²) in [5.41, 5.74) is 0.444. The van der Waals surface area contributed by atoms with E-state index in [1.807, 2.05) is 13.0 Å². The molecule has 1 atom stereocenters. The number of nitrogens with zero attached hydrogens (tertiary/aromatic N) is 3. The number of aryl methyl sites for hydroxylation is 1. The first-order chi connectivity index (χ1) is 13.1. The number of hydrogen-bond donors (Lipinski definition) is 2. The van der Waals surface area contributed by atoms with Gasteiger partial charge in [0.15, 0.2) is 11.3 Å². The van der Waals surface area contributed by atoms with Crippen molar-refractivity contribution in [2.75, 3.05) is 13.1 Å². The fraction of sp³-hybridized carbons (Fsp3) is 0.474. The van der Waals surface area contributed by atoms with Crippen LogP contribution in [0.15, 0.2) is 35.1 Å². The highest BCUT2D eigenvalue weighted by Crippen LogP contribution is 2.40. The van der Waals surface area contributed by atoms with Crippen molar-refractivity contribution in [2.45, 2.75) is 38.3 Å². The predicted octanol–water partition coefficient (Wildman–Crippen LogP) is 1.58. The number of urea groups is 1. The molecule has 0 aromatic carbocycles. The Kier molecular flexibility index (Phi) is 4.65. The number of carbonyl (C=O) groups excluding carboxylic acids is 2. The average molecular weight is 369 g/mol. The highest BCUT2D eigenvalue weighted by Gasteiger charge is 2.57. The lowest BCUT2D eigenvalue weighted by molar-refractivity contribution is -0.134. The summed E-state index contributed by atoms with van der Waals surface area (Å²) in [5.74, 6) is 0.259. The van der Waals surface area contributed by atoms with E-state index in [2.05, 4.69) is 20.8 Å². The molecule has 0 saturated carbocycles. The lowest BCUT2D eigenvalue weighted by atomic mass is 9.74. The van der Waals surface area contributed by atoms with Gasteiger partial charge >= 0.3 is 6.03 Å². The van der Waals surface area contributed by atoms with E-state index in [4.69, 9.17) is 4.52 Å². The van der Waals surface area contributed by atoms with E-state index in [9.17, 15) is 9.59 Å². The number of pyridine rings is 1. The highest BCUT2D eigenvalue weighted by molar-refractivity contribution is 6.07. The molecule has 2 saturated heterocycles. The van der Waals surface area contributed by atoms with Gasteiger partial charge in [0.25, 0.3) is 5.91 Å². The quantitative estimate of drug-likeness (QED) is 0.776. The minimum Gasteiger partial charge on any atom is -0.359 e. The molecule has 2 fully saturated rings. The monoisotopic (exact) mass is 369 g/mol. The van der Waals surface area contributed by atoms with Gasteiger partial charge in [0.05, 0.1) is 12.2 Å². The standard InChI is InChI=1S/C19H23N5O3/c1-2-15-10-16(27-23-15)12-24-17(25)19(22-18(24)26,13-5-8-20-9-6-13)14-4-3-7-21-11-14/h3-4,7,10-11,13,20H,2,5-6,8-9,12H2,1H3,(H,22,26)/t19-/m0/s1. The van der Waals surface area contributed by atoms with Gasteiger partial charge in [-0.2, -0.15) is 0 Å². The molecule has 0 unspecified atom stereocenters. The van der Waals surface area contributed by atoms with Gasteiger partial charge in [-0.05, 0) is 44.3 Å². The Morgan fingerprint density at radius 3 is 2.81 bits per heavy atom. The molecular weight excluding hydrogens is 346 g/mol. The van der Waals surface area contributed by atoms with E-state index in [-0.39, 0.29) is 18.4 Å². The highest BCUT2D eigenvalue weighted by atomic mass is 16.5. The van der Waals surface area contributed by atoms with E-state index in [1.54, 1.807) is 24.5 Å². The summed E-state index contributed by atoms with van der Waals surface area (Å²) in [6.45, 7) is 3.68. The second-order valence-electron chi connectivity index (χ2n) is 7.03. The van der Waals surface area contributed by atoms with E-state index in [0.717, 1.165) is 43.6 Å². The maximum Gasteiger partial charge on any atom is 0.325 e. The van der Waals surface area contributed by atoms with Crippen LogP contribution in [0, 0.1) is 5.92 Å². The smallest absolute Gasteiger partial charge is 0.325 e. The second kappa shape index (κ2) is 7.11. The molecule has 2 N–H and O–H groups in total. The van der Waals surface area contributed by atoms with Crippen molar-refractivity contribution in [1.82, 2.24) is 25.7 Å². The maximum atomic E-state index is 13.6. The van der Waals surface area contributed by atoms with Gasteiger partial charge in [0, 0.05) is 24.0 Å². The molecular formula is C19H23N5O3. The first-order valence-electron chi connectivity index (χ1n) is 9.35. The van der Waals surface area contributed by atoms with Crippen molar-refractivity contribution < 1.29 is 14.1 Å². The van der Waals surface area contributed by atoms with E-state index < -0.39 is 11.6 Å². The van der Waals surface area contributed by atoms with Crippen molar-refractivity contribution in [3.8, 4) is 0 Å². The van der Waals surface area contributed by atoms with Crippen LogP contribution in [0.3, 0.4) is 0 Å². The van der Waals surface area contributed by atoms with Crippen molar-refractivity contribution >= 4 is 11.9 Å². The Labute approximate surface area is 157 Å². The van der Waals surface area contributed by atoms with Crippen molar-refractivity contribution in [2.24, 2.45) is 5.92 Å². The topological polar surface area (TPSA) is 100 Å². The van der Waals surface area contributed by atoms with Gasteiger partial charge in [0.1, 0.15) is 0 Å². The van der Waals surface area contributed by atoms with Crippen LogP contribution in [-0.2, 0) is 23.3 Å². The van der Waals surface area contributed by atoms with Crippen LogP contribution in [0.4, 0.5) is 4.79 Å². The molecule has 8 nitrogen and oxygen atoms in total. The zero-order valence-corrected chi connectivity index (χ0v) is 15.3.